The van der Waals surface area contributed by atoms with E-state index in [1.807, 2.05) is 50.2 Å². The highest BCUT2D eigenvalue weighted by molar-refractivity contribution is 5.93. The number of aryl methyl sites for hydroxylation is 2. The molecule has 0 saturated carbocycles. The summed E-state index contributed by atoms with van der Waals surface area (Å²) in [5, 5.41) is 12.8. The molecular weight excluding hydrogens is 252 g/mol. The van der Waals surface area contributed by atoms with Gasteiger partial charge >= 0.3 is 0 Å². The first-order chi connectivity index (χ1) is 9.58. The van der Waals surface area contributed by atoms with Crippen LogP contribution in [0.2, 0.25) is 0 Å². The number of amides is 1. The van der Waals surface area contributed by atoms with E-state index in [-0.39, 0.29) is 5.91 Å². The van der Waals surface area contributed by atoms with Crippen LogP contribution in [-0.4, -0.2) is 22.5 Å². The third-order valence-electron chi connectivity index (χ3n) is 3.26. The molecule has 1 heterocycles. The van der Waals surface area contributed by atoms with Crippen molar-refractivity contribution in [2.75, 3.05) is 6.54 Å². The van der Waals surface area contributed by atoms with Crippen LogP contribution in [0.25, 0.3) is 0 Å². The molecular formula is C16H20N2O2. The molecule has 4 heteroatoms. The SMILES string of the molecule is Cc1cc(C)c(C(=O)NCCC(O)c2ccccc2)[nH]1. The molecule has 106 valence electrons. The Balaban J connectivity index is 1.84. The van der Waals surface area contributed by atoms with Crippen molar-refractivity contribution >= 4 is 5.91 Å². The lowest BCUT2D eigenvalue weighted by Crippen LogP contribution is -2.26. The van der Waals surface area contributed by atoms with E-state index in [4.69, 9.17) is 0 Å². The third kappa shape index (κ3) is 3.48. The number of aliphatic hydroxyl groups is 1. The monoisotopic (exact) mass is 272 g/mol. The van der Waals surface area contributed by atoms with Gasteiger partial charge in [-0.25, -0.2) is 0 Å². The lowest BCUT2D eigenvalue weighted by molar-refractivity contribution is 0.0937. The number of nitrogens with one attached hydrogen (secondary N) is 2. The molecule has 1 aromatic heterocycles. The Bertz CT molecular complexity index is 575. The van der Waals surface area contributed by atoms with Crippen molar-refractivity contribution in [3.8, 4) is 0 Å². The van der Waals surface area contributed by atoms with E-state index in [9.17, 15) is 9.90 Å². The van der Waals surface area contributed by atoms with Gasteiger partial charge in [-0.3, -0.25) is 4.79 Å². The Hall–Kier alpha value is -2.07. The first-order valence-corrected chi connectivity index (χ1v) is 6.75. The molecule has 1 amide bonds. The average Bonchev–Trinajstić information content (AvgIpc) is 2.78. The summed E-state index contributed by atoms with van der Waals surface area (Å²) in [6.45, 7) is 4.26. The highest BCUT2D eigenvalue weighted by Crippen LogP contribution is 2.15. The molecule has 0 aliphatic carbocycles. The second-order valence-corrected chi connectivity index (χ2v) is 4.98. The van der Waals surface area contributed by atoms with Crippen LogP contribution in [0.3, 0.4) is 0 Å². The number of aromatic nitrogens is 1. The van der Waals surface area contributed by atoms with Crippen molar-refractivity contribution < 1.29 is 9.90 Å². The zero-order valence-corrected chi connectivity index (χ0v) is 11.8. The van der Waals surface area contributed by atoms with E-state index in [2.05, 4.69) is 10.3 Å². The van der Waals surface area contributed by atoms with E-state index in [1.54, 1.807) is 0 Å². The van der Waals surface area contributed by atoms with Crippen LogP contribution >= 0.6 is 0 Å². The van der Waals surface area contributed by atoms with Gasteiger partial charge in [0.15, 0.2) is 0 Å². The molecule has 2 rings (SSSR count). The molecule has 2 aromatic rings. The molecule has 0 saturated heterocycles. The second-order valence-electron chi connectivity index (χ2n) is 4.98. The van der Waals surface area contributed by atoms with Crippen LogP contribution < -0.4 is 5.32 Å². The van der Waals surface area contributed by atoms with E-state index in [0.29, 0.717) is 18.7 Å². The Morgan fingerprint density at radius 2 is 2.00 bits per heavy atom. The summed E-state index contributed by atoms with van der Waals surface area (Å²) < 4.78 is 0. The zero-order valence-electron chi connectivity index (χ0n) is 11.8. The molecule has 0 fully saturated rings. The van der Waals surface area contributed by atoms with Gasteiger partial charge in [0, 0.05) is 12.2 Å². The Morgan fingerprint density at radius 1 is 1.30 bits per heavy atom. The van der Waals surface area contributed by atoms with Gasteiger partial charge in [-0.05, 0) is 37.5 Å². The number of hydrogen-bond acceptors (Lipinski definition) is 2. The van der Waals surface area contributed by atoms with Gasteiger partial charge in [0.25, 0.3) is 5.91 Å². The molecule has 1 aromatic carbocycles. The number of hydrogen-bond donors (Lipinski definition) is 3. The van der Waals surface area contributed by atoms with Gasteiger partial charge in [0.05, 0.1) is 6.10 Å². The normalized spacial score (nSPS) is 12.2. The van der Waals surface area contributed by atoms with Gasteiger partial charge in [0.2, 0.25) is 0 Å². The number of benzene rings is 1. The molecule has 1 unspecified atom stereocenters. The van der Waals surface area contributed by atoms with Crippen LogP contribution in [0.1, 0.15) is 39.8 Å². The summed E-state index contributed by atoms with van der Waals surface area (Å²) in [5.41, 5.74) is 3.37. The van der Waals surface area contributed by atoms with E-state index in [1.165, 1.54) is 0 Å². The summed E-state index contributed by atoms with van der Waals surface area (Å²) in [7, 11) is 0. The fourth-order valence-corrected chi connectivity index (χ4v) is 2.22. The first kappa shape index (κ1) is 14.3. The number of H-pyrrole nitrogens is 1. The number of carbonyl (C=O) groups excluding carboxylic acids is 1. The predicted molar refractivity (Wildman–Crippen MR) is 78.6 cm³/mol. The molecule has 0 aliphatic heterocycles. The molecule has 0 aliphatic rings. The van der Waals surface area contributed by atoms with Gasteiger partial charge in [-0.2, -0.15) is 0 Å². The lowest BCUT2D eigenvalue weighted by Gasteiger charge is -2.11. The molecule has 20 heavy (non-hydrogen) atoms. The average molecular weight is 272 g/mol. The lowest BCUT2D eigenvalue weighted by atomic mass is 10.1. The Labute approximate surface area is 118 Å². The standard InChI is InChI=1S/C16H20N2O2/c1-11-10-12(2)18-15(11)16(20)17-9-8-14(19)13-6-4-3-5-7-13/h3-7,10,14,18-19H,8-9H2,1-2H3,(H,17,20). The molecule has 1 atom stereocenters. The summed E-state index contributed by atoms with van der Waals surface area (Å²) in [6, 6.07) is 11.4. The van der Waals surface area contributed by atoms with E-state index in [0.717, 1.165) is 16.8 Å². The minimum Gasteiger partial charge on any atom is -0.388 e. The zero-order chi connectivity index (χ0) is 14.5. The highest BCUT2D eigenvalue weighted by Gasteiger charge is 2.12. The molecule has 3 N–H and O–H groups in total. The predicted octanol–water partition coefficient (Wildman–Crippen LogP) is 2.49. The van der Waals surface area contributed by atoms with Crippen molar-refractivity contribution in [3.63, 3.8) is 0 Å². The summed E-state index contributed by atoms with van der Waals surface area (Å²) in [4.78, 5) is 15.0. The third-order valence-corrected chi connectivity index (χ3v) is 3.26. The van der Waals surface area contributed by atoms with Crippen molar-refractivity contribution in [3.05, 3.63) is 58.9 Å². The van der Waals surface area contributed by atoms with E-state index < -0.39 is 6.10 Å². The van der Waals surface area contributed by atoms with Gasteiger partial charge in [-0.15, -0.1) is 0 Å². The quantitative estimate of drug-likeness (QED) is 0.783. The summed E-state index contributed by atoms with van der Waals surface area (Å²) >= 11 is 0. The van der Waals surface area contributed by atoms with Crippen molar-refractivity contribution in [2.45, 2.75) is 26.4 Å². The van der Waals surface area contributed by atoms with Crippen LogP contribution in [-0.2, 0) is 0 Å². The molecule has 0 spiro atoms. The highest BCUT2D eigenvalue weighted by atomic mass is 16.3. The molecule has 4 nitrogen and oxygen atoms in total. The number of aromatic amines is 1. The Kier molecular flexibility index (Phi) is 4.58. The maximum atomic E-state index is 12.0. The van der Waals surface area contributed by atoms with Gasteiger partial charge in [0.1, 0.15) is 5.69 Å². The topological polar surface area (TPSA) is 65.1 Å². The summed E-state index contributed by atoms with van der Waals surface area (Å²) in [5.74, 6) is -0.129. The van der Waals surface area contributed by atoms with Crippen molar-refractivity contribution in [1.82, 2.24) is 10.3 Å². The van der Waals surface area contributed by atoms with Crippen molar-refractivity contribution in [2.24, 2.45) is 0 Å². The molecule has 0 radical (unpaired) electrons. The van der Waals surface area contributed by atoms with Crippen LogP contribution in [0.5, 0.6) is 0 Å². The van der Waals surface area contributed by atoms with E-state index >= 15 is 0 Å². The largest absolute Gasteiger partial charge is 0.388 e. The Morgan fingerprint density at radius 3 is 2.60 bits per heavy atom. The smallest absolute Gasteiger partial charge is 0.267 e. The number of rotatable bonds is 5. The minimum absolute atomic E-state index is 0.129. The minimum atomic E-state index is -0.553. The maximum absolute atomic E-state index is 12.0. The van der Waals surface area contributed by atoms with Crippen LogP contribution in [0.4, 0.5) is 0 Å². The van der Waals surface area contributed by atoms with Gasteiger partial charge < -0.3 is 15.4 Å². The second kappa shape index (κ2) is 6.39. The fraction of sp³-hybridized carbons (Fsp3) is 0.312. The van der Waals surface area contributed by atoms with Crippen LogP contribution in [0.15, 0.2) is 36.4 Å². The molecule has 0 bridgehead atoms. The fourth-order valence-electron chi connectivity index (χ4n) is 2.22. The van der Waals surface area contributed by atoms with Crippen LogP contribution in [0, 0.1) is 13.8 Å². The number of aliphatic hydroxyl groups excluding tert-OH is 1. The number of carbonyl (C=O) groups is 1. The maximum Gasteiger partial charge on any atom is 0.267 e. The first-order valence-electron chi connectivity index (χ1n) is 6.75. The van der Waals surface area contributed by atoms with Gasteiger partial charge in [-0.1, -0.05) is 30.3 Å². The summed E-state index contributed by atoms with van der Waals surface area (Å²) in [6.07, 6.45) is -0.0583. The van der Waals surface area contributed by atoms with Crippen molar-refractivity contribution in [1.29, 1.82) is 0 Å².